The molecule has 0 atom stereocenters. The molecule has 9 heteroatoms. The fraction of sp³-hybridized carbons (Fsp3) is 0.585. The number of carbonyl (C=O) groups is 2. The summed E-state index contributed by atoms with van der Waals surface area (Å²) in [7, 11) is 0. The van der Waals surface area contributed by atoms with Gasteiger partial charge in [0.1, 0.15) is 0 Å². The van der Waals surface area contributed by atoms with Crippen molar-refractivity contribution in [2.45, 2.75) is 189 Å². The number of nitrogens with one attached hydrogen (secondary N) is 1. The van der Waals surface area contributed by atoms with E-state index in [2.05, 4.69) is 92.9 Å². The second-order valence-electron chi connectivity index (χ2n) is 17.5. The van der Waals surface area contributed by atoms with Gasteiger partial charge < -0.3 is 48.8 Å². The number of hydrogen-bond acceptors (Lipinski definition) is 5. The number of esters is 2. The molecule has 0 unspecified atom stereocenters. The molecule has 0 amide bonds. The zero-order valence-corrected chi connectivity index (χ0v) is 42.4. The third kappa shape index (κ3) is 19.6. The first kappa shape index (κ1) is 54.8. The standard InChI is InChI=1S/C53H78N3O4.2BrH/c1-7-9-11-13-15-17-19-21-23-28-32-59-52(57)50-47(40-55-36-42(3)34-43(4)37-55)54-48(41-56-38-44(5)35-45(6)39-56)51(49(50)46-30-26-25-27-31-46)53(58)60-33-29-24-22-20-18-16-14-12-10-8-2;;/h25-27,30-31,34-39,49H,7-24,28-29,32-33,40-41H2,1-6H3;2*1H/q+1;;/p-1. The second kappa shape index (κ2) is 31.5. The Bertz CT molecular complexity index is 1670. The molecule has 0 radical (unpaired) electrons. The second-order valence-corrected chi connectivity index (χ2v) is 17.5. The number of hydrogen-bond donors (Lipinski definition) is 1. The third-order valence-electron chi connectivity index (χ3n) is 11.6. The Kier molecular flexibility index (Phi) is 27.9. The van der Waals surface area contributed by atoms with Gasteiger partial charge in [-0.2, -0.15) is 9.13 Å². The summed E-state index contributed by atoms with van der Waals surface area (Å²) in [5.74, 6) is -1.44. The van der Waals surface area contributed by atoms with Gasteiger partial charge in [0.25, 0.3) is 0 Å². The van der Waals surface area contributed by atoms with Gasteiger partial charge in [-0.1, -0.05) is 160 Å². The first-order chi connectivity index (χ1) is 29.2. The number of rotatable bonds is 29. The van der Waals surface area contributed by atoms with E-state index in [1.807, 2.05) is 30.3 Å². The van der Waals surface area contributed by atoms with Crippen LogP contribution in [0.5, 0.6) is 0 Å². The highest BCUT2D eigenvalue weighted by molar-refractivity contribution is 6.00. The molecule has 0 fully saturated rings. The van der Waals surface area contributed by atoms with Gasteiger partial charge in [0.2, 0.25) is 0 Å². The van der Waals surface area contributed by atoms with E-state index in [1.165, 1.54) is 89.9 Å². The molecular formula is C53H79Br2N3O4. The lowest BCUT2D eigenvalue weighted by Crippen LogP contribution is -3.00. The number of aromatic nitrogens is 2. The van der Waals surface area contributed by atoms with E-state index in [-0.39, 0.29) is 45.9 Å². The normalized spacial score (nSPS) is 12.7. The zero-order chi connectivity index (χ0) is 43.0. The Morgan fingerprint density at radius 2 is 0.823 bits per heavy atom. The van der Waals surface area contributed by atoms with Gasteiger partial charge in [-0.25, -0.2) is 9.59 Å². The minimum Gasteiger partial charge on any atom is -1.00 e. The van der Waals surface area contributed by atoms with E-state index in [0.717, 1.165) is 77.7 Å². The highest BCUT2D eigenvalue weighted by Gasteiger charge is 2.42. The number of carbonyl (C=O) groups excluding carboxylic acids is 2. The van der Waals surface area contributed by atoms with Crippen LogP contribution in [0.15, 0.2) is 89.8 Å². The van der Waals surface area contributed by atoms with Crippen molar-refractivity contribution in [1.82, 2.24) is 5.32 Å². The van der Waals surface area contributed by atoms with Crippen LogP contribution in [0.4, 0.5) is 0 Å². The number of halogens is 2. The average Bonchev–Trinajstić information content (AvgIpc) is 3.21. The fourth-order valence-electron chi connectivity index (χ4n) is 8.72. The molecule has 3 heterocycles. The summed E-state index contributed by atoms with van der Waals surface area (Å²) < 4.78 is 16.6. The van der Waals surface area contributed by atoms with Crippen molar-refractivity contribution in [1.29, 1.82) is 0 Å². The molecular weight excluding hydrogens is 902 g/mol. The van der Waals surface area contributed by atoms with Crippen molar-refractivity contribution in [3.8, 4) is 0 Å². The Hall–Kier alpha value is -3.30. The van der Waals surface area contributed by atoms with Crippen molar-refractivity contribution >= 4 is 11.9 Å². The van der Waals surface area contributed by atoms with Gasteiger partial charge in [0.05, 0.1) is 41.7 Å². The van der Waals surface area contributed by atoms with Gasteiger partial charge in [0, 0.05) is 22.3 Å². The summed E-state index contributed by atoms with van der Waals surface area (Å²) >= 11 is 0. The molecule has 344 valence electrons. The number of pyridine rings is 2. The number of dihydropyridines is 1. The number of nitrogens with zero attached hydrogens (tertiary/aromatic N) is 2. The van der Waals surface area contributed by atoms with Crippen molar-refractivity contribution in [2.75, 3.05) is 13.2 Å². The van der Waals surface area contributed by atoms with E-state index in [0.29, 0.717) is 37.4 Å². The van der Waals surface area contributed by atoms with Crippen LogP contribution in [0.2, 0.25) is 0 Å². The molecule has 7 nitrogen and oxygen atoms in total. The minimum absolute atomic E-state index is 0. The SMILES string of the molecule is CCCCCCCCCCCCOC(=O)C1=C(C[n+]2cc(C)cc(C)c2)NC(C[n+]2cc(C)cc(C)c2)=C(C(=O)OCCCCCCCCCCCC)C1c1ccccc1.[Br-].[Br-]. The Morgan fingerprint density at radius 3 is 1.16 bits per heavy atom. The largest absolute Gasteiger partial charge is 1.00 e. The summed E-state index contributed by atoms with van der Waals surface area (Å²) in [6.45, 7) is 14.4. The zero-order valence-electron chi connectivity index (χ0n) is 39.2. The number of unbranched alkanes of at least 4 members (excludes halogenated alkanes) is 18. The molecule has 3 aromatic rings. The van der Waals surface area contributed by atoms with Crippen LogP contribution in [0.25, 0.3) is 0 Å². The minimum atomic E-state index is -0.670. The molecule has 0 saturated carbocycles. The Balaban J connectivity index is 0.00000661. The monoisotopic (exact) mass is 979 g/mol. The number of ether oxygens (including phenoxy) is 2. The van der Waals surface area contributed by atoms with Crippen LogP contribution in [-0.4, -0.2) is 25.2 Å². The van der Waals surface area contributed by atoms with E-state index in [1.54, 1.807) is 0 Å². The van der Waals surface area contributed by atoms with Gasteiger partial charge in [-0.3, -0.25) is 0 Å². The molecule has 0 bridgehead atoms. The summed E-state index contributed by atoms with van der Waals surface area (Å²) in [4.78, 5) is 29.3. The molecule has 0 aliphatic carbocycles. The maximum Gasteiger partial charge on any atom is 0.337 e. The van der Waals surface area contributed by atoms with Gasteiger partial charge in [-0.05, 0) is 58.2 Å². The maximum absolute atomic E-state index is 14.6. The number of benzene rings is 1. The molecule has 1 aromatic carbocycles. The highest BCUT2D eigenvalue weighted by Crippen LogP contribution is 2.40. The van der Waals surface area contributed by atoms with Crippen molar-refractivity contribution in [3.63, 3.8) is 0 Å². The Morgan fingerprint density at radius 1 is 0.500 bits per heavy atom. The van der Waals surface area contributed by atoms with Crippen molar-refractivity contribution in [3.05, 3.63) is 118 Å². The molecule has 2 aromatic heterocycles. The van der Waals surface area contributed by atoms with E-state index in [4.69, 9.17) is 9.47 Å². The first-order valence-electron chi connectivity index (χ1n) is 23.8. The van der Waals surface area contributed by atoms with E-state index < -0.39 is 5.92 Å². The lowest BCUT2D eigenvalue weighted by molar-refractivity contribution is -0.692. The molecule has 1 aliphatic heterocycles. The predicted molar refractivity (Wildman–Crippen MR) is 244 cm³/mol. The summed E-state index contributed by atoms with van der Waals surface area (Å²) in [6.07, 6.45) is 32.5. The van der Waals surface area contributed by atoms with Crippen LogP contribution in [-0.2, 0) is 32.2 Å². The smallest absolute Gasteiger partial charge is 0.337 e. The van der Waals surface area contributed by atoms with Gasteiger partial charge in [0.15, 0.2) is 37.9 Å². The van der Waals surface area contributed by atoms with Crippen LogP contribution < -0.4 is 48.4 Å². The molecule has 4 rings (SSSR count). The Labute approximate surface area is 397 Å². The lowest BCUT2D eigenvalue weighted by atomic mass is 9.79. The van der Waals surface area contributed by atoms with Crippen LogP contribution >= 0.6 is 0 Å². The summed E-state index contributed by atoms with van der Waals surface area (Å²) in [5, 5.41) is 3.69. The van der Waals surface area contributed by atoms with E-state index >= 15 is 0 Å². The molecule has 0 spiro atoms. The van der Waals surface area contributed by atoms with Crippen LogP contribution in [0, 0.1) is 27.7 Å². The quantitative estimate of drug-likeness (QED) is 0.0524. The lowest BCUT2D eigenvalue weighted by Gasteiger charge is -2.31. The summed E-state index contributed by atoms with van der Waals surface area (Å²) in [5.41, 5.74) is 7.81. The predicted octanol–water partition coefficient (Wildman–Crippen LogP) is 6.03. The van der Waals surface area contributed by atoms with Crippen LogP contribution in [0.3, 0.4) is 0 Å². The molecule has 1 N–H and O–H groups in total. The van der Waals surface area contributed by atoms with Gasteiger partial charge >= 0.3 is 11.9 Å². The fourth-order valence-corrected chi connectivity index (χ4v) is 8.72. The average molecular weight is 982 g/mol. The number of aryl methyl sites for hydroxylation is 4. The van der Waals surface area contributed by atoms with Crippen molar-refractivity contribution < 1.29 is 62.2 Å². The number of allylic oxidation sites excluding steroid dienone is 2. The first-order valence-corrected chi connectivity index (χ1v) is 23.8. The molecule has 0 saturated heterocycles. The highest BCUT2D eigenvalue weighted by atomic mass is 79.9. The van der Waals surface area contributed by atoms with Gasteiger partial charge in [-0.15, -0.1) is 0 Å². The van der Waals surface area contributed by atoms with E-state index in [9.17, 15) is 9.59 Å². The summed E-state index contributed by atoms with van der Waals surface area (Å²) in [6, 6.07) is 14.3. The molecule has 1 aliphatic rings. The van der Waals surface area contributed by atoms with Crippen molar-refractivity contribution in [2.24, 2.45) is 0 Å². The molecule has 62 heavy (non-hydrogen) atoms. The topological polar surface area (TPSA) is 72.4 Å². The third-order valence-corrected chi connectivity index (χ3v) is 11.6. The van der Waals surface area contributed by atoms with Crippen LogP contribution in [0.1, 0.15) is 176 Å². The maximum atomic E-state index is 14.6.